The van der Waals surface area contributed by atoms with Gasteiger partial charge in [0.2, 0.25) is 5.95 Å². The zero-order chi connectivity index (χ0) is 14.7. The number of ketones is 1. The fraction of sp³-hybridized carbons (Fsp3) is 0.571. The topological polar surface area (TPSA) is 89.2 Å². The van der Waals surface area contributed by atoms with E-state index in [0.717, 1.165) is 32.0 Å². The second-order valence-corrected chi connectivity index (χ2v) is 5.29. The number of hydrogen-bond donors (Lipinski definition) is 1. The second kappa shape index (κ2) is 5.98. The molecule has 0 aliphatic heterocycles. The highest BCUT2D eigenvalue weighted by Crippen LogP contribution is 2.29. The molecule has 1 aliphatic carbocycles. The molecule has 0 atom stereocenters. The summed E-state index contributed by atoms with van der Waals surface area (Å²) in [5.74, 6) is 0.672. The van der Waals surface area contributed by atoms with E-state index in [4.69, 9.17) is 5.73 Å². The summed E-state index contributed by atoms with van der Waals surface area (Å²) in [5, 5.41) is 0. The third-order valence-electron chi connectivity index (χ3n) is 3.68. The zero-order valence-corrected chi connectivity index (χ0v) is 11.9. The Labute approximate surface area is 118 Å². The third-order valence-corrected chi connectivity index (χ3v) is 3.68. The maximum atomic E-state index is 11.5. The van der Waals surface area contributed by atoms with Gasteiger partial charge in [0.15, 0.2) is 6.29 Å². The molecule has 0 unspecified atom stereocenters. The Balaban J connectivity index is 2.46. The lowest BCUT2D eigenvalue weighted by Gasteiger charge is -2.30. The number of carbonyl (C=O) groups excluding carboxylic acids is 2. The van der Waals surface area contributed by atoms with Crippen LogP contribution in [-0.4, -0.2) is 34.6 Å². The summed E-state index contributed by atoms with van der Waals surface area (Å²) in [6.45, 7) is 3.52. The van der Waals surface area contributed by atoms with E-state index >= 15 is 0 Å². The number of rotatable bonds is 5. The lowest BCUT2D eigenvalue weighted by Crippen LogP contribution is -2.38. The van der Waals surface area contributed by atoms with Gasteiger partial charge in [0.05, 0.1) is 17.8 Å². The van der Waals surface area contributed by atoms with E-state index in [9.17, 15) is 9.59 Å². The molecular formula is C14H20N4O2. The maximum Gasteiger partial charge on any atom is 0.222 e. The highest BCUT2D eigenvalue weighted by molar-refractivity contribution is 5.87. The van der Waals surface area contributed by atoms with Crippen LogP contribution in [-0.2, 0) is 4.79 Å². The van der Waals surface area contributed by atoms with Crippen molar-refractivity contribution in [1.82, 2.24) is 9.97 Å². The second-order valence-electron chi connectivity index (χ2n) is 5.29. The number of nitrogen functional groups attached to an aromatic ring is 1. The summed E-state index contributed by atoms with van der Waals surface area (Å²) in [5.41, 5.74) is 6.67. The largest absolute Gasteiger partial charge is 0.368 e. The molecule has 1 aliphatic rings. The van der Waals surface area contributed by atoms with E-state index in [1.807, 2.05) is 4.90 Å². The normalized spacial score (nSPS) is 15.3. The van der Waals surface area contributed by atoms with Gasteiger partial charge < -0.3 is 10.6 Å². The first kappa shape index (κ1) is 14.4. The van der Waals surface area contributed by atoms with Crippen LogP contribution in [0.3, 0.4) is 0 Å². The monoisotopic (exact) mass is 276 g/mol. The molecule has 0 aromatic carbocycles. The Kier molecular flexibility index (Phi) is 4.32. The molecule has 20 heavy (non-hydrogen) atoms. The van der Waals surface area contributed by atoms with Crippen LogP contribution in [0.1, 0.15) is 48.7 Å². The predicted octanol–water partition coefficient (Wildman–Crippen LogP) is 1.52. The Morgan fingerprint density at radius 3 is 2.60 bits per heavy atom. The minimum atomic E-state index is 0.0450. The van der Waals surface area contributed by atoms with Crippen molar-refractivity contribution in [2.45, 2.75) is 45.6 Å². The first-order chi connectivity index (χ1) is 9.52. The van der Waals surface area contributed by atoms with Gasteiger partial charge in [-0.05, 0) is 26.7 Å². The standard InChI is InChI=1S/C14H20N4O2/c1-9(20)7-18(11-5-3-4-6-11)13-12(8-19)10(2)16-14(15)17-13/h8,11H,3-7H2,1-2H3,(H2,15,16,17). The fourth-order valence-electron chi connectivity index (χ4n) is 2.78. The van der Waals surface area contributed by atoms with Gasteiger partial charge in [-0.3, -0.25) is 9.59 Å². The summed E-state index contributed by atoms with van der Waals surface area (Å²) in [4.78, 5) is 33.0. The van der Waals surface area contributed by atoms with Gasteiger partial charge in [-0.1, -0.05) is 12.8 Å². The molecule has 1 aromatic rings. The van der Waals surface area contributed by atoms with Crippen LogP contribution < -0.4 is 10.6 Å². The van der Waals surface area contributed by atoms with Gasteiger partial charge >= 0.3 is 0 Å². The molecule has 0 radical (unpaired) electrons. The molecule has 1 saturated carbocycles. The van der Waals surface area contributed by atoms with Gasteiger partial charge in [-0.2, -0.15) is 4.98 Å². The maximum absolute atomic E-state index is 11.5. The van der Waals surface area contributed by atoms with Gasteiger partial charge in [0.1, 0.15) is 11.6 Å². The average Bonchev–Trinajstić information content (AvgIpc) is 2.88. The molecule has 1 heterocycles. The van der Waals surface area contributed by atoms with Gasteiger partial charge in [-0.15, -0.1) is 0 Å². The zero-order valence-electron chi connectivity index (χ0n) is 11.9. The van der Waals surface area contributed by atoms with Crippen LogP contribution in [0.5, 0.6) is 0 Å². The first-order valence-electron chi connectivity index (χ1n) is 6.88. The lowest BCUT2D eigenvalue weighted by atomic mass is 10.1. The van der Waals surface area contributed by atoms with Crippen molar-refractivity contribution in [3.63, 3.8) is 0 Å². The quantitative estimate of drug-likeness (QED) is 0.820. The number of carbonyl (C=O) groups is 2. The number of Topliss-reactive ketones (excluding diaryl/α,β-unsaturated/α-hetero) is 1. The molecule has 1 aromatic heterocycles. The Bertz CT molecular complexity index is 524. The Hall–Kier alpha value is -1.98. The van der Waals surface area contributed by atoms with E-state index in [2.05, 4.69) is 9.97 Å². The van der Waals surface area contributed by atoms with E-state index in [0.29, 0.717) is 17.1 Å². The third kappa shape index (κ3) is 2.95. The SMILES string of the molecule is CC(=O)CN(c1nc(N)nc(C)c1C=O)C1CCCC1. The lowest BCUT2D eigenvalue weighted by molar-refractivity contribution is -0.115. The molecule has 0 spiro atoms. The van der Waals surface area contributed by atoms with E-state index in [1.54, 1.807) is 13.8 Å². The highest BCUT2D eigenvalue weighted by Gasteiger charge is 2.27. The van der Waals surface area contributed by atoms with E-state index in [1.165, 1.54) is 0 Å². The number of aryl methyl sites for hydroxylation is 1. The number of hydrogen-bond acceptors (Lipinski definition) is 6. The molecule has 2 rings (SSSR count). The van der Waals surface area contributed by atoms with Crippen LogP contribution in [0.2, 0.25) is 0 Å². The van der Waals surface area contributed by atoms with Gasteiger partial charge in [-0.25, -0.2) is 4.98 Å². The molecule has 2 N–H and O–H groups in total. The van der Waals surface area contributed by atoms with Crippen LogP contribution in [0.15, 0.2) is 0 Å². The van der Waals surface area contributed by atoms with Crippen LogP contribution in [0.25, 0.3) is 0 Å². The van der Waals surface area contributed by atoms with Crippen LogP contribution >= 0.6 is 0 Å². The van der Waals surface area contributed by atoms with Crippen molar-refractivity contribution in [2.24, 2.45) is 0 Å². The molecule has 108 valence electrons. The summed E-state index contributed by atoms with van der Waals surface area (Å²) < 4.78 is 0. The van der Waals surface area contributed by atoms with Crippen molar-refractivity contribution < 1.29 is 9.59 Å². The summed E-state index contributed by atoms with van der Waals surface area (Å²) in [7, 11) is 0. The van der Waals surface area contributed by atoms with Crippen molar-refractivity contribution in [3.8, 4) is 0 Å². The average molecular weight is 276 g/mol. The number of aromatic nitrogens is 2. The molecule has 0 amide bonds. The van der Waals surface area contributed by atoms with Gasteiger partial charge in [0.25, 0.3) is 0 Å². The van der Waals surface area contributed by atoms with Crippen LogP contribution in [0, 0.1) is 6.92 Å². The highest BCUT2D eigenvalue weighted by atomic mass is 16.1. The smallest absolute Gasteiger partial charge is 0.222 e. The summed E-state index contributed by atoms with van der Waals surface area (Å²) in [6, 6.07) is 0.242. The van der Waals surface area contributed by atoms with Crippen molar-refractivity contribution in [2.75, 3.05) is 17.2 Å². The van der Waals surface area contributed by atoms with Gasteiger partial charge in [0, 0.05) is 6.04 Å². The van der Waals surface area contributed by atoms with Crippen molar-refractivity contribution in [3.05, 3.63) is 11.3 Å². The molecule has 0 bridgehead atoms. The fourth-order valence-corrected chi connectivity index (χ4v) is 2.78. The molecule has 6 nitrogen and oxygen atoms in total. The van der Waals surface area contributed by atoms with Crippen LogP contribution in [0.4, 0.5) is 11.8 Å². The summed E-state index contributed by atoms with van der Waals surface area (Å²) in [6.07, 6.45) is 5.03. The van der Waals surface area contributed by atoms with E-state index in [-0.39, 0.29) is 24.3 Å². The number of nitrogens with two attached hydrogens (primary N) is 1. The molecule has 6 heteroatoms. The Morgan fingerprint density at radius 1 is 1.40 bits per heavy atom. The van der Waals surface area contributed by atoms with Crippen molar-refractivity contribution in [1.29, 1.82) is 0 Å². The number of nitrogens with zero attached hydrogens (tertiary/aromatic N) is 3. The predicted molar refractivity (Wildman–Crippen MR) is 76.9 cm³/mol. The number of aldehydes is 1. The number of anilines is 2. The molecule has 1 fully saturated rings. The molecule has 0 saturated heterocycles. The van der Waals surface area contributed by atoms with E-state index < -0.39 is 0 Å². The minimum Gasteiger partial charge on any atom is -0.368 e. The first-order valence-corrected chi connectivity index (χ1v) is 6.88. The molecular weight excluding hydrogens is 256 g/mol. The Morgan fingerprint density at radius 2 is 2.05 bits per heavy atom. The minimum absolute atomic E-state index is 0.0450. The summed E-state index contributed by atoms with van der Waals surface area (Å²) >= 11 is 0. The van der Waals surface area contributed by atoms with Crippen molar-refractivity contribution >= 4 is 23.8 Å².